The van der Waals surface area contributed by atoms with E-state index < -0.39 is 10.0 Å². The van der Waals surface area contributed by atoms with E-state index in [9.17, 15) is 8.42 Å². The Kier molecular flexibility index (Phi) is 5.36. The van der Waals surface area contributed by atoms with Crippen LogP contribution in [-0.2, 0) is 21.2 Å². The molecule has 0 aliphatic rings. The predicted octanol–water partition coefficient (Wildman–Crippen LogP) is -0.697. The van der Waals surface area contributed by atoms with Crippen molar-refractivity contribution in [3.05, 3.63) is 12.2 Å². The van der Waals surface area contributed by atoms with Crippen LogP contribution in [0.2, 0.25) is 0 Å². The first-order valence-corrected chi connectivity index (χ1v) is 6.60. The molecule has 0 bridgehead atoms. The fourth-order valence-corrected chi connectivity index (χ4v) is 2.20. The average molecular weight is 248 g/mol. The Morgan fingerprint density at radius 2 is 2.38 bits per heavy atom. The molecule has 16 heavy (non-hydrogen) atoms. The standard InChI is InChI=1S/C8H16N4O3S/c1-15-5-2-6-16(13,14)11-4-3-8-9-7-10-12-8/h7,11H,2-6H2,1H3,(H,9,10,12). The quantitative estimate of drug-likeness (QED) is 0.593. The van der Waals surface area contributed by atoms with Gasteiger partial charge in [0, 0.05) is 26.7 Å². The maximum atomic E-state index is 11.4. The van der Waals surface area contributed by atoms with Crippen LogP contribution in [0.4, 0.5) is 0 Å². The molecule has 2 N–H and O–H groups in total. The molecule has 0 aliphatic heterocycles. The molecule has 92 valence electrons. The van der Waals surface area contributed by atoms with Crippen LogP contribution in [-0.4, -0.2) is 49.6 Å². The molecule has 0 unspecified atom stereocenters. The second-order valence-corrected chi connectivity index (χ2v) is 5.17. The van der Waals surface area contributed by atoms with E-state index in [1.165, 1.54) is 6.33 Å². The predicted molar refractivity (Wildman–Crippen MR) is 58.4 cm³/mol. The van der Waals surface area contributed by atoms with Gasteiger partial charge in [0.15, 0.2) is 0 Å². The average Bonchev–Trinajstić information content (AvgIpc) is 2.70. The number of nitrogens with one attached hydrogen (secondary N) is 2. The summed E-state index contributed by atoms with van der Waals surface area (Å²) in [7, 11) is -1.65. The highest BCUT2D eigenvalue weighted by atomic mass is 32.2. The molecule has 1 aromatic heterocycles. The van der Waals surface area contributed by atoms with E-state index in [2.05, 4.69) is 19.9 Å². The Labute approximate surface area is 94.7 Å². The largest absolute Gasteiger partial charge is 0.385 e. The molecular formula is C8H16N4O3S. The molecule has 0 fully saturated rings. The summed E-state index contributed by atoms with van der Waals surface area (Å²) in [6.07, 6.45) is 2.39. The maximum Gasteiger partial charge on any atom is 0.211 e. The van der Waals surface area contributed by atoms with Crippen molar-refractivity contribution in [3.63, 3.8) is 0 Å². The van der Waals surface area contributed by atoms with Gasteiger partial charge >= 0.3 is 0 Å². The highest BCUT2D eigenvalue weighted by Gasteiger charge is 2.09. The van der Waals surface area contributed by atoms with E-state index in [1.807, 2.05) is 0 Å². The zero-order chi connectivity index (χ0) is 11.9. The van der Waals surface area contributed by atoms with Crippen molar-refractivity contribution in [3.8, 4) is 0 Å². The summed E-state index contributed by atoms with van der Waals surface area (Å²) >= 11 is 0. The summed E-state index contributed by atoms with van der Waals surface area (Å²) in [6.45, 7) is 0.771. The Morgan fingerprint density at radius 3 is 3.00 bits per heavy atom. The monoisotopic (exact) mass is 248 g/mol. The SMILES string of the molecule is COCCCS(=O)(=O)NCCc1ncn[nH]1. The van der Waals surface area contributed by atoms with Crippen LogP contribution in [0.1, 0.15) is 12.2 Å². The zero-order valence-electron chi connectivity index (χ0n) is 9.14. The molecule has 0 saturated carbocycles. The molecule has 1 rings (SSSR count). The van der Waals surface area contributed by atoms with Crippen molar-refractivity contribution in [2.45, 2.75) is 12.8 Å². The van der Waals surface area contributed by atoms with E-state index >= 15 is 0 Å². The lowest BCUT2D eigenvalue weighted by atomic mass is 10.4. The molecule has 8 heteroatoms. The summed E-state index contributed by atoms with van der Waals surface area (Å²) in [6, 6.07) is 0. The van der Waals surface area contributed by atoms with Gasteiger partial charge < -0.3 is 4.74 Å². The van der Waals surface area contributed by atoms with E-state index in [1.54, 1.807) is 7.11 Å². The number of hydrogen-bond donors (Lipinski definition) is 2. The van der Waals surface area contributed by atoms with E-state index in [4.69, 9.17) is 4.74 Å². The van der Waals surface area contributed by atoms with E-state index in [-0.39, 0.29) is 5.75 Å². The van der Waals surface area contributed by atoms with Gasteiger partial charge in [0.05, 0.1) is 5.75 Å². The van der Waals surface area contributed by atoms with Crippen molar-refractivity contribution in [1.82, 2.24) is 19.9 Å². The third-order valence-corrected chi connectivity index (χ3v) is 3.38. The van der Waals surface area contributed by atoms with Crippen LogP contribution in [0.25, 0.3) is 0 Å². The summed E-state index contributed by atoms with van der Waals surface area (Å²) in [5.41, 5.74) is 0. The van der Waals surface area contributed by atoms with Crippen LogP contribution in [0.15, 0.2) is 6.33 Å². The topological polar surface area (TPSA) is 97.0 Å². The molecule has 0 radical (unpaired) electrons. The van der Waals surface area contributed by atoms with Crippen LogP contribution >= 0.6 is 0 Å². The van der Waals surface area contributed by atoms with Gasteiger partial charge in [-0.05, 0) is 6.42 Å². The fourth-order valence-electron chi connectivity index (χ4n) is 1.14. The minimum Gasteiger partial charge on any atom is -0.385 e. The molecule has 0 aromatic carbocycles. The van der Waals surface area contributed by atoms with Gasteiger partial charge in [-0.1, -0.05) is 0 Å². The number of ether oxygens (including phenoxy) is 1. The molecule has 0 atom stereocenters. The van der Waals surface area contributed by atoms with Gasteiger partial charge in [-0.3, -0.25) is 5.10 Å². The van der Waals surface area contributed by atoms with Crippen LogP contribution in [0.3, 0.4) is 0 Å². The van der Waals surface area contributed by atoms with Gasteiger partial charge in [-0.2, -0.15) is 5.10 Å². The lowest BCUT2D eigenvalue weighted by molar-refractivity contribution is 0.199. The van der Waals surface area contributed by atoms with Crippen molar-refractivity contribution in [1.29, 1.82) is 0 Å². The van der Waals surface area contributed by atoms with Crippen LogP contribution in [0, 0.1) is 0 Å². The highest BCUT2D eigenvalue weighted by molar-refractivity contribution is 7.89. The third kappa shape index (κ3) is 5.19. The Balaban J connectivity index is 2.20. The number of methoxy groups -OCH3 is 1. The normalized spacial score (nSPS) is 11.8. The lowest BCUT2D eigenvalue weighted by Crippen LogP contribution is -2.29. The molecule has 7 nitrogen and oxygen atoms in total. The van der Waals surface area contributed by atoms with Crippen LogP contribution in [0.5, 0.6) is 0 Å². The van der Waals surface area contributed by atoms with Gasteiger partial charge in [0.1, 0.15) is 12.2 Å². The number of H-pyrrole nitrogens is 1. The zero-order valence-corrected chi connectivity index (χ0v) is 9.96. The first-order chi connectivity index (χ1) is 7.64. The van der Waals surface area contributed by atoms with Gasteiger partial charge in [-0.25, -0.2) is 18.1 Å². The number of rotatable bonds is 8. The van der Waals surface area contributed by atoms with Crippen molar-refractivity contribution in [2.24, 2.45) is 0 Å². The highest BCUT2D eigenvalue weighted by Crippen LogP contribution is 1.92. The summed E-state index contributed by atoms with van der Waals surface area (Å²) in [5, 5.41) is 6.33. The lowest BCUT2D eigenvalue weighted by Gasteiger charge is -2.04. The number of nitrogens with zero attached hydrogens (tertiary/aromatic N) is 2. The summed E-state index contributed by atoms with van der Waals surface area (Å²) < 4.78 is 30.1. The Hall–Kier alpha value is -0.990. The number of aromatic nitrogens is 3. The number of aromatic amines is 1. The first kappa shape index (κ1) is 13.1. The minimum absolute atomic E-state index is 0.0806. The van der Waals surface area contributed by atoms with E-state index in [0.717, 1.165) is 0 Å². The van der Waals surface area contributed by atoms with Gasteiger partial charge in [0.2, 0.25) is 10.0 Å². The smallest absolute Gasteiger partial charge is 0.211 e. The first-order valence-electron chi connectivity index (χ1n) is 4.94. The van der Waals surface area contributed by atoms with E-state index in [0.29, 0.717) is 31.8 Å². The molecule has 0 aliphatic carbocycles. The van der Waals surface area contributed by atoms with Crippen molar-refractivity contribution >= 4 is 10.0 Å². The van der Waals surface area contributed by atoms with Crippen LogP contribution < -0.4 is 4.72 Å². The number of hydrogen-bond acceptors (Lipinski definition) is 5. The Bertz CT molecular complexity index is 376. The van der Waals surface area contributed by atoms with Gasteiger partial charge in [-0.15, -0.1) is 0 Å². The molecule has 0 spiro atoms. The van der Waals surface area contributed by atoms with Crippen molar-refractivity contribution < 1.29 is 13.2 Å². The second-order valence-electron chi connectivity index (χ2n) is 3.24. The molecular weight excluding hydrogens is 232 g/mol. The van der Waals surface area contributed by atoms with Gasteiger partial charge in [0.25, 0.3) is 0 Å². The molecule has 0 amide bonds. The molecule has 1 aromatic rings. The fraction of sp³-hybridized carbons (Fsp3) is 0.750. The Morgan fingerprint density at radius 1 is 1.56 bits per heavy atom. The number of sulfonamides is 1. The summed E-state index contributed by atoms with van der Waals surface area (Å²) in [4.78, 5) is 3.89. The third-order valence-electron chi connectivity index (χ3n) is 1.91. The molecule has 1 heterocycles. The van der Waals surface area contributed by atoms with Crippen molar-refractivity contribution in [2.75, 3.05) is 26.0 Å². The second kappa shape index (κ2) is 6.56. The molecule has 0 saturated heterocycles. The minimum atomic E-state index is -3.20. The summed E-state index contributed by atoms with van der Waals surface area (Å²) in [5.74, 6) is 0.747. The maximum absolute atomic E-state index is 11.4.